The van der Waals surface area contributed by atoms with Crippen LogP contribution in [0.15, 0.2) is 24.5 Å². The van der Waals surface area contributed by atoms with E-state index in [2.05, 4.69) is 43.8 Å². The zero-order valence-electron chi connectivity index (χ0n) is 17.7. The highest BCUT2D eigenvalue weighted by molar-refractivity contribution is 5.87. The number of likely N-dealkylation sites (tertiary alicyclic amines) is 1. The van der Waals surface area contributed by atoms with Crippen molar-refractivity contribution >= 4 is 22.5 Å². The summed E-state index contributed by atoms with van der Waals surface area (Å²) >= 11 is 0. The van der Waals surface area contributed by atoms with Crippen molar-refractivity contribution in [2.24, 2.45) is 5.92 Å². The van der Waals surface area contributed by atoms with E-state index in [0.29, 0.717) is 11.8 Å². The Labute approximate surface area is 172 Å². The van der Waals surface area contributed by atoms with Gasteiger partial charge in [-0.2, -0.15) is 0 Å². The van der Waals surface area contributed by atoms with E-state index < -0.39 is 0 Å². The van der Waals surface area contributed by atoms with Gasteiger partial charge >= 0.3 is 0 Å². The van der Waals surface area contributed by atoms with Crippen LogP contribution in [0.5, 0.6) is 5.88 Å². The number of rotatable bonds is 4. The molecule has 29 heavy (non-hydrogen) atoms. The lowest BCUT2D eigenvalue weighted by Crippen LogP contribution is -2.52. The van der Waals surface area contributed by atoms with Gasteiger partial charge in [0.2, 0.25) is 11.8 Å². The third-order valence-corrected chi connectivity index (χ3v) is 5.86. The second-order valence-corrected chi connectivity index (χ2v) is 8.46. The number of piperazine rings is 1. The topological polar surface area (TPSA) is 61.8 Å². The fourth-order valence-corrected chi connectivity index (χ4v) is 4.35. The lowest BCUT2D eigenvalue weighted by molar-refractivity contribution is -0.137. The molecule has 4 rings (SSSR count). The normalized spacial score (nSPS) is 21.0. The number of carbonyl (C=O) groups excluding carboxylic acids is 1. The van der Waals surface area contributed by atoms with Crippen LogP contribution in [-0.2, 0) is 4.79 Å². The first kappa shape index (κ1) is 19.9. The summed E-state index contributed by atoms with van der Waals surface area (Å²) in [5.74, 6) is 1.12. The highest BCUT2D eigenvalue weighted by atomic mass is 16.5. The first-order valence-electron chi connectivity index (χ1n) is 10.6. The Morgan fingerprint density at radius 2 is 1.93 bits per heavy atom. The van der Waals surface area contributed by atoms with E-state index >= 15 is 0 Å². The van der Waals surface area contributed by atoms with Crippen molar-refractivity contribution in [2.75, 3.05) is 51.2 Å². The standard InChI is InChI=1S/C22H31N5O2/c1-16(2)29-21-19-13-18(6-7-20(19)23-15-24-21)26-9-11-27(12-10-26)22(28)17-5-4-8-25(3)14-17/h6-7,13,15-17H,4-5,8-12,14H2,1-3H3. The molecule has 1 atom stereocenters. The maximum Gasteiger partial charge on any atom is 0.227 e. The Balaban J connectivity index is 1.44. The summed E-state index contributed by atoms with van der Waals surface area (Å²) in [6.45, 7) is 9.22. The third-order valence-electron chi connectivity index (χ3n) is 5.86. The maximum atomic E-state index is 12.9. The van der Waals surface area contributed by atoms with Crippen molar-refractivity contribution in [3.05, 3.63) is 24.5 Å². The minimum Gasteiger partial charge on any atom is -0.474 e. The van der Waals surface area contributed by atoms with Gasteiger partial charge in [0.1, 0.15) is 6.33 Å². The van der Waals surface area contributed by atoms with Crippen molar-refractivity contribution in [1.29, 1.82) is 0 Å². The highest BCUT2D eigenvalue weighted by Gasteiger charge is 2.30. The Morgan fingerprint density at radius 1 is 1.14 bits per heavy atom. The predicted molar refractivity (Wildman–Crippen MR) is 114 cm³/mol. The first-order valence-corrected chi connectivity index (χ1v) is 10.6. The summed E-state index contributed by atoms with van der Waals surface area (Å²) in [5.41, 5.74) is 2.01. The van der Waals surface area contributed by atoms with Crippen LogP contribution in [0.1, 0.15) is 26.7 Å². The summed E-state index contributed by atoms with van der Waals surface area (Å²) in [7, 11) is 2.11. The van der Waals surface area contributed by atoms with Crippen LogP contribution in [0.3, 0.4) is 0 Å². The van der Waals surface area contributed by atoms with Gasteiger partial charge in [0.05, 0.1) is 22.9 Å². The Bertz CT molecular complexity index is 863. The van der Waals surface area contributed by atoms with Crippen LogP contribution in [-0.4, -0.2) is 78.1 Å². The number of benzene rings is 1. The molecule has 2 aliphatic heterocycles. The number of nitrogens with zero attached hydrogens (tertiary/aromatic N) is 5. The molecule has 3 heterocycles. The van der Waals surface area contributed by atoms with E-state index in [1.807, 2.05) is 19.9 Å². The largest absolute Gasteiger partial charge is 0.474 e. The van der Waals surface area contributed by atoms with E-state index in [1.165, 1.54) is 0 Å². The minimum atomic E-state index is 0.0603. The van der Waals surface area contributed by atoms with Crippen LogP contribution in [0.4, 0.5) is 5.69 Å². The average Bonchev–Trinajstić information content (AvgIpc) is 2.73. The molecule has 0 bridgehead atoms. The van der Waals surface area contributed by atoms with Gasteiger partial charge in [-0.1, -0.05) is 0 Å². The van der Waals surface area contributed by atoms with Gasteiger partial charge in [0.25, 0.3) is 0 Å². The molecule has 2 aliphatic rings. The Morgan fingerprint density at radius 3 is 2.66 bits per heavy atom. The maximum absolute atomic E-state index is 12.9. The van der Waals surface area contributed by atoms with Crippen molar-refractivity contribution in [1.82, 2.24) is 19.8 Å². The zero-order valence-corrected chi connectivity index (χ0v) is 17.7. The monoisotopic (exact) mass is 397 g/mol. The van der Waals surface area contributed by atoms with E-state index in [0.717, 1.165) is 68.7 Å². The molecule has 1 unspecified atom stereocenters. The third kappa shape index (κ3) is 4.45. The summed E-state index contributed by atoms with van der Waals surface area (Å²) in [6.07, 6.45) is 3.75. The minimum absolute atomic E-state index is 0.0603. The molecule has 0 N–H and O–H groups in total. The SMILES string of the molecule is CC(C)Oc1ncnc2ccc(N3CCN(C(=O)C4CCCN(C)C4)CC3)cc12. The molecule has 1 aromatic heterocycles. The zero-order chi connectivity index (χ0) is 20.4. The summed E-state index contributed by atoms with van der Waals surface area (Å²) < 4.78 is 5.87. The quantitative estimate of drug-likeness (QED) is 0.790. The van der Waals surface area contributed by atoms with E-state index in [4.69, 9.17) is 4.74 Å². The molecule has 156 valence electrons. The molecule has 1 aromatic carbocycles. The van der Waals surface area contributed by atoms with Crippen molar-refractivity contribution in [3.63, 3.8) is 0 Å². The second-order valence-electron chi connectivity index (χ2n) is 8.46. The molecule has 2 saturated heterocycles. The number of aromatic nitrogens is 2. The van der Waals surface area contributed by atoms with Crippen LogP contribution >= 0.6 is 0 Å². The molecule has 0 saturated carbocycles. The van der Waals surface area contributed by atoms with Gasteiger partial charge in [-0.3, -0.25) is 4.79 Å². The smallest absolute Gasteiger partial charge is 0.227 e. The second kappa shape index (κ2) is 8.53. The predicted octanol–water partition coefficient (Wildman–Crippen LogP) is 2.41. The number of piperidine rings is 1. The molecular weight excluding hydrogens is 366 g/mol. The van der Waals surface area contributed by atoms with Crippen LogP contribution in [0, 0.1) is 5.92 Å². The van der Waals surface area contributed by atoms with Crippen molar-refractivity contribution < 1.29 is 9.53 Å². The number of ether oxygens (including phenoxy) is 1. The first-order chi connectivity index (χ1) is 14.0. The number of amides is 1. The molecule has 2 aromatic rings. The average molecular weight is 398 g/mol. The summed E-state index contributed by atoms with van der Waals surface area (Å²) in [6, 6.07) is 6.23. The molecule has 2 fully saturated rings. The summed E-state index contributed by atoms with van der Waals surface area (Å²) in [5, 5.41) is 0.933. The molecule has 0 spiro atoms. The van der Waals surface area contributed by atoms with Gasteiger partial charge in [0, 0.05) is 38.4 Å². The van der Waals surface area contributed by atoms with E-state index in [9.17, 15) is 4.79 Å². The molecule has 0 aliphatic carbocycles. The van der Waals surface area contributed by atoms with Crippen LogP contribution in [0.25, 0.3) is 10.9 Å². The fraction of sp³-hybridized carbons (Fsp3) is 0.591. The number of anilines is 1. The summed E-state index contributed by atoms with van der Waals surface area (Å²) in [4.78, 5) is 28.3. The molecule has 0 radical (unpaired) electrons. The van der Waals surface area contributed by atoms with E-state index in [-0.39, 0.29) is 12.0 Å². The number of hydrogen-bond donors (Lipinski definition) is 0. The Hall–Kier alpha value is -2.41. The van der Waals surface area contributed by atoms with Gasteiger partial charge in [-0.25, -0.2) is 9.97 Å². The van der Waals surface area contributed by atoms with Gasteiger partial charge in [0.15, 0.2) is 0 Å². The van der Waals surface area contributed by atoms with Gasteiger partial charge < -0.3 is 19.4 Å². The fourth-order valence-electron chi connectivity index (χ4n) is 4.35. The molecule has 7 nitrogen and oxygen atoms in total. The van der Waals surface area contributed by atoms with Gasteiger partial charge in [-0.05, 0) is 58.5 Å². The number of carbonyl (C=O) groups is 1. The van der Waals surface area contributed by atoms with Crippen LogP contribution < -0.4 is 9.64 Å². The van der Waals surface area contributed by atoms with Crippen molar-refractivity contribution in [3.8, 4) is 5.88 Å². The van der Waals surface area contributed by atoms with Crippen molar-refractivity contribution in [2.45, 2.75) is 32.8 Å². The van der Waals surface area contributed by atoms with Gasteiger partial charge in [-0.15, -0.1) is 0 Å². The molecular formula is C22H31N5O2. The molecule has 7 heteroatoms. The van der Waals surface area contributed by atoms with E-state index in [1.54, 1.807) is 6.33 Å². The van der Waals surface area contributed by atoms with Crippen LogP contribution in [0.2, 0.25) is 0 Å². The Kier molecular flexibility index (Phi) is 5.85. The number of fused-ring (bicyclic) bond motifs is 1. The number of hydrogen-bond acceptors (Lipinski definition) is 6. The lowest BCUT2D eigenvalue weighted by Gasteiger charge is -2.39. The molecule has 1 amide bonds. The lowest BCUT2D eigenvalue weighted by atomic mass is 9.96. The highest BCUT2D eigenvalue weighted by Crippen LogP contribution is 2.28.